The maximum atomic E-state index is 13.8. The van der Waals surface area contributed by atoms with Crippen LogP contribution >= 0.6 is 0 Å². The normalized spacial score (nSPS) is 11.8. The minimum atomic E-state index is -0.717. The molecule has 2 N–H and O–H groups in total. The minimum Gasteiger partial charge on any atom is -0.497 e. The first-order chi connectivity index (χ1) is 14.6. The highest BCUT2D eigenvalue weighted by Crippen LogP contribution is 2.31. The number of anilines is 1. The van der Waals surface area contributed by atoms with Crippen LogP contribution in [0.25, 0.3) is 11.0 Å². The van der Waals surface area contributed by atoms with Crippen LogP contribution in [0.3, 0.4) is 0 Å². The molecule has 152 valence electrons. The van der Waals surface area contributed by atoms with Crippen molar-refractivity contribution in [2.75, 3.05) is 19.5 Å². The zero-order chi connectivity index (χ0) is 21.1. The minimum absolute atomic E-state index is 0.221. The first-order valence-electron chi connectivity index (χ1n) is 9.30. The summed E-state index contributed by atoms with van der Waals surface area (Å²) in [5.74, 6) is 0.462. The maximum Gasteiger partial charge on any atom is 0.191 e. The first-order valence-corrected chi connectivity index (χ1v) is 9.30. The Labute approximate surface area is 172 Å². The maximum absolute atomic E-state index is 13.8. The molecule has 0 aliphatic rings. The summed E-state index contributed by atoms with van der Waals surface area (Å²) in [4.78, 5) is 20.5. The highest BCUT2D eigenvalue weighted by molar-refractivity contribution is 6.10. The van der Waals surface area contributed by atoms with E-state index in [1.165, 1.54) is 6.07 Å². The number of aromatic amines is 1. The molecule has 1 atom stereocenters. The summed E-state index contributed by atoms with van der Waals surface area (Å²) in [5, 5.41) is 3.71. The van der Waals surface area contributed by atoms with Crippen LogP contribution in [0.1, 0.15) is 22.0 Å². The number of H-pyrrole nitrogens is 1. The van der Waals surface area contributed by atoms with Gasteiger partial charge in [-0.25, -0.2) is 9.37 Å². The number of hydrogen-bond donors (Lipinski definition) is 2. The number of halogens is 1. The number of rotatable bonds is 7. The molecule has 0 spiro atoms. The molecule has 4 rings (SSSR count). The van der Waals surface area contributed by atoms with Crippen LogP contribution in [0.15, 0.2) is 67.0 Å². The van der Waals surface area contributed by atoms with E-state index in [-0.39, 0.29) is 5.78 Å². The average Bonchev–Trinajstić information content (AvgIpc) is 3.20. The van der Waals surface area contributed by atoms with Gasteiger partial charge in [0.25, 0.3) is 0 Å². The number of carbonyl (C=O) groups is 1. The van der Waals surface area contributed by atoms with Crippen LogP contribution in [0.2, 0.25) is 0 Å². The number of nitrogens with zero attached hydrogens (tertiary/aromatic N) is 1. The molecule has 0 aliphatic heterocycles. The zero-order valence-corrected chi connectivity index (χ0v) is 16.5. The Hall–Kier alpha value is -3.87. The van der Waals surface area contributed by atoms with Crippen molar-refractivity contribution in [3.05, 3.63) is 83.9 Å². The molecule has 0 saturated carbocycles. The van der Waals surface area contributed by atoms with Crippen molar-refractivity contribution < 1.29 is 18.7 Å². The fraction of sp³-hybridized carbons (Fsp3) is 0.130. The van der Waals surface area contributed by atoms with Gasteiger partial charge in [-0.15, -0.1) is 0 Å². The van der Waals surface area contributed by atoms with Crippen LogP contribution in [-0.2, 0) is 0 Å². The number of ether oxygens (including phenoxy) is 2. The van der Waals surface area contributed by atoms with Gasteiger partial charge in [-0.3, -0.25) is 4.79 Å². The van der Waals surface area contributed by atoms with Gasteiger partial charge in [0, 0.05) is 41.0 Å². The molecule has 2 aromatic heterocycles. The van der Waals surface area contributed by atoms with Gasteiger partial charge in [0.15, 0.2) is 5.78 Å². The van der Waals surface area contributed by atoms with E-state index in [0.717, 1.165) is 11.8 Å². The van der Waals surface area contributed by atoms with E-state index < -0.39 is 11.9 Å². The lowest BCUT2D eigenvalue weighted by atomic mass is 9.97. The molecule has 0 aliphatic carbocycles. The molecular weight excluding hydrogens is 385 g/mol. The van der Waals surface area contributed by atoms with E-state index in [2.05, 4.69) is 15.3 Å². The molecule has 0 radical (unpaired) electrons. The largest absolute Gasteiger partial charge is 0.497 e. The number of aromatic nitrogens is 2. The second-order valence-corrected chi connectivity index (χ2v) is 6.71. The number of nitrogens with one attached hydrogen (secondary N) is 2. The number of pyridine rings is 1. The predicted octanol–water partition coefficient (Wildman–Crippen LogP) is 4.76. The molecule has 2 heterocycles. The number of Topliss-reactive ketones (excluding diaryl/α,β-unsaturated/α-hetero) is 1. The van der Waals surface area contributed by atoms with Gasteiger partial charge >= 0.3 is 0 Å². The van der Waals surface area contributed by atoms with Crippen molar-refractivity contribution in [1.82, 2.24) is 9.97 Å². The monoisotopic (exact) mass is 405 g/mol. The van der Waals surface area contributed by atoms with Crippen molar-refractivity contribution >= 4 is 22.5 Å². The van der Waals surface area contributed by atoms with Crippen molar-refractivity contribution in [2.24, 2.45) is 0 Å². The lowest BCUT2D eigenvalue weighted by Gasteiger charge is -2.20. The molecule has 0 fully saturated rings. The Morgan fingerprint density at radius 3 is 2.43 bits per heavy atom. The highest BCUT2D eigenvalue weighted by atomic mass is 19.1. The molecule has 6 nitrogen and oxygen atoms in total. The topological polar surface area (TPSA) is 76.2 Å². The molecule has 0 amide bonds. The number of fused-ring (bicyclic) bond motifs is 1. The summed E-state index contributed by atoms with van der Waals surface area (Å²) in [6, 6.07) is 15.2. The van der Waals surface area contributed by atoms with Crippen LogP contribution in [0.5, 0.6) is 11.5 Å². The molecule has 0 saturated heterocycles. The van der Waals surface area contributed by atoms with Crippen molar-refractivity contribution in [2.45, 2.75) is 6.04 Å². The fourth-order valence-electron chi connectivity index (χ4n) is 3.34. The fourth-order valence-corrected chi connectivity index (χ4v) is 3.34. The Kier molecular flexibility index (Phi) is 5.34. The highest BCUT2D eigenvalue weighted by Gasteiger charge is 2.25. The lowest BCUT2D eigenvalue weighted by Crippen LogP contribution is -2.21. The SMILES string of the molecule is COc1cc(NC(C(=O)c2c[nH]c3ncc(F)cc23)c2ccccc2)cc(OC)c1. The van der Waals surface area contributed by atoms with E-state index in [9.17, 15) is 9.18 Å². The van der Waals surface area contributed by atoms with E-state index in [0.29, 0.717) is 33.8 Å². The molecule has 2 aromatic carbocycles. The van der Waals surface area contributed by atoms with Crippen LogP contribution in [0.4, 0.5) is 10.1 Å². The molecule has 7 heteroatoms. The quantitative estimate of drug-likeness (QED) is 0.434. The summed E-state index contributed by atoms with van der Waals surface area (Å²) < 4.78 is 24.4. The van der Waals surface area contributed by atoms with Gasteiger partial charge in [0.2, 0.25) is 0 Å². The second-order valence-electron chi connectivity index (χ2n) is 6.71. The van der Waals surface area contributed by atoms with Crippen molar-refractivity contribution in [3.8, 4) is 11.5 Å². The predicted molar refractivity (Wildman–Crippen MR) is 113 cm³/mol. The third-order valence-corrected chi connectivity index (χ3v) is 4.82. The third-order valence-electron chi connectivity index (χ3n) is 4.82. The van der Waals surface area contributed by atoms with Gasteiger partial charge < -0.3 is 19.8 Å². The van der Waals surface area contributed by atoms with Crippen molar-refractivity contribution in [1.29, 1.82) is 0 Å². The average molecular weight is 405 g/mol. The Balaban J connectivity index is 1.77. The van der Waals surface area contributed by atoms with E-state index in [1.807, 2.05) is 30.3 Å². The summed E-state index contributed by atoms with van der Waals surface area (Å²) in [6.45, 7) is 0. The summed E-state index contributed by atoms with van der Waals surface area (Å²) in [5.41, 5.74) is 2.23. The number of carbonyl (C=O) groups excluding carboxylic acids is 1. The summed E-state index contributed by atoms with van der Waals surface area (Å²) in [6.07, 6.45) is 2.67. The standard InChI is InChI=1S/C23H20FN3O3/c1-29-17-9-16(10-18(11-17)30-2)27-21(14-6-4-3-5-7-14)22(28)20-13-26-23-19(20)8-15(24)12-25-23/h3-13,21,27H,1-2H3,(H,25,26). The van der Waals surface area contributed by atoms with Crippen LogP contribution in [-0.4, -0.2) is 30.0 Å². The number of benzene rings is 2. The van der Waals surface area contributed by atoms with Crippen LogP contribution in [0, 0.1) is 5.82 Å². The van der Waals surface area contributed by atoms with Crippen molar-refractivity contribution in [3.63, 3.8) is 0 Å². The van der Waals surface area contributed by atoms with Gasteiger partial charge in [-0.1, -0.05) is 30.3 Å². The Bertz CT molecular complexity index is 1170. The Morgan fingerprint density at radius 2 is 1.77 bits per heavy atom. The van der Waals surface area contributed by atoms with Crippen LogP contribution < -0.4 is 14.8 Å². The molecule has 0 bridgehead atoms. The number of methoxy groups -OCH3 is 2. The second kappa shape index (κ2) is 8.24. The summed E-state index contributed by atoms with van der Waals surface area (Å²) >= 11 is 0. The van der Waals surface area contributed by atoms with Gasteiger partial charge in [0.05, 0.1) is 20.4 Å². The van der Waals surface area contributed by atoms with E-state index >= 15 is 0 Å². The van der Waals surface area contributed by atoms with Gasteiger partial charge in [-0.05, 0) is 11.6 Å². The van der Waals surface area contributed by atoms with E-state index in [1.54, 1.807) is 38.6 Å². The number of hydrogen-bond acceptors (Lipinski definition) is 5. The molecular formula is C23H20FN3O3. The zero-order valence-electron chi connectivity index (χ0n) is 16.5. The molecule has 1 unspecified atom stereocenters. The van der Waals surface area contributed by atoms with E-state index in [4.69, 9.17) is 9.47 Å². The molecule has 30 heavy (non-hydrogen) atoms. The van der Waals surface area contributed by atoms with Gasteiger partial charge in [0.1, 0.15) is 29.0 Å². The first kappa shape index (κ1) is 19.4. The smallest absolute Gasteiger partial charge is 0.191 e. The molecule has 4 aromatic rings. The summed E-state index contributed by atoms with van der Waals surface area (Å²) in [7, 11) is 3.12. The number of ketones is 1. The lowest BCUT2D eigenvalue weighted by molar-refractivity contribution is 0.0971. The Morgan fingerprint density at radius 1 is 1.07 bits per heavy atom. The third kappa shape index (κ3) is 3.82. The van der Waals surface area contributed by atoms with Gasteiger partial charge in [-0.2, -0.15) is 0 Å².